The van der Waals surface area contributed by atoms with Gasteiger partial charge in [0.15, 0.2) is 0 Å². The molecule has 0 heterocycles. The highest BCUT2D eigenvalue weighted by atomic mass is 32.2. The van der Waals surface area contributed by atoms with Gasteiger partial charge in [-0.05, 0) is 25.0 Å². The molecule has 0 fully saturated rings. The number of methoxy groups -OCH3 is 1. The Morgan fingerprint density at radius 3 is 2.44 bits per heavy atom. The van der Waals surface area contributed by atoms with E-state index >= 15 is 0 Å². The highest BCUT2D eigenvalue weighted by molar-refractivity contribution is 7.91. The van der Waals surface area contributed by atoms with Gasteiger partial charge < -0.3 is 9.29 Å². The number of ether oxygens (including phenoxy) is 1. The summed E-state index contributed by atoms with van der Waals surface area (Å²) in [6, 6.07) is 0. The average molecular weight is 150 g/mol. The first kappa shape index (κ1) is 9.27. The van der Waals surface area contributed by atoms with Gasteiger partial charge in [-0.15, -0.1) is 0 Å². The summed E-state index contributed by atoms with van der Waals surface area (Å²) in [5.74, 6) is 0.661. The van der Waals surface area contributed by atoms with E-state index in [1.165, 1.54) is 0 Å². The van der Waals surface area contributed by atoms with Crippen molar-refractivity contribution >= 4 is 11.2 Å². The second-order valence-corrected chi connectivity index (χ2v) is 4.24. The first-order valence-electron chi connectivity index (χ1n) is 3.04. The molecule has 0 aromatic heterocycles. The minimum Gasteiger partial charge on any atom is -0.616 e. The molecule has 0 aliphatic heterocycles. The topological polar surface area (TPSA) is 32.3 Å². The largest absolute Gasteiger partial charge is 0.616 e. The highest BCUT2D eigenvalue weighted by Gasteiger charge is 2.09. The van der Waals surface area contributed by atoms with E-state index in [2.05, 4.69) is 0 Å². The Hall–Kier alpha value is 0.270. The molecule has 0 saturated carbocycles. The van der Waals surface area contributed by atoms with Gasteiger partial charge in [-0.1, -0.05) is 0 Å². The van der Waals surface area contributed by atoms with Gasteiger partial charge in [-0.25, -0.2) is 0 Å². The maximum Gasteiger partial charge on any atom is 0.129 e. The summed E-state index contributed by atoms with van der Waals surface area (Å²) < 4.78 is 15.7. The Bertz CT molecular complexity index is 66.1. The molecule has 0 aliphatic carbocycles. The van der Waals surface area contributed by atoms with Gasteiger partial charge in [0.05, 0.1) is 6.61 Å². The standard InChI is InChI=1S/C6H14O2S/c1-6(2)9(7)5-4-8-3/h6H,4-5H2,1-3H3. The Labute approximate surface area is 59.8 Å². The van der Waals surface area contributed by atoms with Crippen molar-refractivity contribution in [2.75, 3.05) is 19.5 Å². The Morgan fingerprint density at radius 1 is 1.56 bits per heavy atom. The van der Waals surface area contributed by atoms with Gasteiger partial charge in [-0.2, -0.15) is 0 Å². The van der Waals surface area contributed by atoms with E-state index in [0.29, 0.717) is 12.4 Å². The van der Waals surface area contributed by atoms with Crippen LogP contribution in [0.3, 0.4) is 0 Å². The molecule has 0 aromatic rings. The van der Waals surface area contributed by atoms with E-state index < -0.39 is 11.2 Å². The van der Waals surface area contributed by atoms with Crippen molar-refractivity contribution in [3.05, 3.63) is 0 Å². The second kappa shape index (κ2) is 5.09. The van der Waals surface area contributed by atoms with Crippen LogP contribution in [-0.4, -0.2) is 29.3 Å². The molecule has 0 aromatic carbocycles. The van der Waals surface area contributed by atoms with Crippen LogP contribution in [0.1, 0.15) is 13.8 Å². The molecule has 3 heteroatoms. The third-order valence-corrected chi connectivity index (χ3v) is 2.64. The molecular weight excluding hydrogens is 136 g/mol. The lowest BCUT2D eigenvalue weighted by Crippen LogP contribution is -2.20. The number of hydrogen-bond acceptors (Lipinski definition) is 2. The van der Waals surface area contributed by atoms with Crippen LogP contribution in [0.15, 0.2) is 0 Å². The van der Waals surface area contributed by atoms with Gasteiger partial charge in [0.2, 0.25) is 0 Å². The van der Waals surface area contributed by atoms with Crippen LogP contribution in [0.5, 0.6) is 0 Å². The monoisotopic (exact) mass is 150 g/mol. The SMILES string of the molecule is COCC[S+]([O-])C(C)C. The molecule has 1 unspecified atom stereocenters. The minimum atomic E-state index is -0.697. The van der Waals surface area contributed by atoms with Crippen molar-refractivity contribution in [1.82, 2.24) is 0 Å². The van der Waals surface area contributed by atoms with E-state index in [0.717, 1.165) is 0 Å². The second-order valence-electron chi connectivity index (χ2n) is 2.13. The summed E-state index contributed by atoms with van der Waals surface area (Å²) in [6.45, 7) is 4.50. The number of hydrogen-bond donors (Lipinski definition) is 0. The summed E-state index contributed by atoms with van der Waals surface area (Å²) in [6.07, 6.45) is 0. The maximum absolute atomic E-state index is 10.9. The fourth-order valence-corrected chi connectivity index (χ4v) is 1.20. The highest BCUT2D eigenvalue weighted by Crippen LogP contribution is 1.99. The minimum absolute atomic E-state index is 0.264. The predicted molar refractivity (Wildman–Crippen MR) is 40.0 cm³/mol. The van der Waals surface area contributed by atoms with Crippen LogP contribution in [-0.2, 0) is 15.9 Å². The molecule has 0 aliphatic rings. The van der Waals surface area contributed by atoms with Gasteiger partial charge in [0.1, 0.15) is 11.0 Å². The molecule has 0 radical (unpaired) electrons. The molecule has 0 bridgehead atoms. The molecule has 0 spiro atoms. The van der Waals surface area contributed by atoms with E-state index in [1.807, 2.05) is 13.8 Å². The van der Waals surface area contributed by atoms with Crippen molar-refractivity contribution in [2.45, 2.75) is 19.1 Å². The molecular formula is C6H14O2S. The molecule has 2 nitrogen and oxygen atoms in total. The van der Waals surface area contributed by atoms with Crippen LogP contribution >= 0.6 is 0 Å². The van der Waals surface area contributed by atoms with Crippen LogP contribution in [0.2, 0.25) is 0 Å². The Morgan fingerprint density at radius 2 is 2.11 bits per heavy atom. The molecule has 0 amide bonds. The summed E-state index contributed by atoms with van der Waals surface area (Å²) in [5, 5.41) is 0.264. The third kappa shape index (κ3) is 4.75. The zero-order valence-electron chi connectivity index (χ0n) is 6.22. The lowest BCUT2D eigenvalue weighted by Gasteiger charge is -2.13. The molecule has 1 atom stereocenters. The van der Waals surface area contributed by atoms with E-state index in [1.54, 1.807) is 7.11 Å². The van der Waals surface area contributed by atoms with E-state index in [-0.39, 0.29) is 5.25 Å². The van der Waals surface area contributed by atoms with Crippen LogP contribution < -0.4 is 0 Å². The maximum atomic E-state index is 10.9. The van der Waals surface area contributed by atoms with Gasteiger partial charge in [0, 0.05) is 7.11 Å². The van der Waals surface area contributed by atoms with Crippen molar-refractivity contribution < 1.29 is 9.29 Å². The van der Waals surface area contributed by atoms with E-state index in [9.17, 15) is 4.55 Å². The average Bonchev–Trinajstić information content (AvgIpc) is 1.82. The van der Waals surface area contributed by atoms with Crippen molar-refractivity contribution in [1.29, 1.82) is 0 Å². The van der Waals surface area contributed by atoms with Gasteiger partial charge in [0.25, 0.3) is 0 Å². The van der Waals surface area contributed by atoms with Gasteiger partial charge in [-0.3, -0.25) is 0 Å². The van der Waals surface area contributed by atoms with E-state index in [4.69, 9.17) is 4.74 Å². The normalized spacial score (nSPS) is 14.3. The van der Waals surface area contributed by atoms with Crippen molar-refractivity contribution in [3.63, 3.8) is 0 Å². The summed E-state index contributed by atoms with van der Waals surface area (Å²) >= 11 is -0.697. The summed E-state index contributed by atoms with van der Waals surface area (Å²) in [7, 11) is 1.62. The summed E-state index contributed by atoms with van der Waals surface area (Å²) in [5.41, 5.74) is 0. The zero-order valence-corrected chi connectivity index (χ0v) is 7.03. The zero-order chi connectivity index (χ0) is 7.28. The fraction of sp³-hybridized carbons (Fsp3) is 1.00. The Balaban J connectivity index is 3.16. The molecule has 0 N–H and O–H groups in total. The lowest BCUT2D eigenvalue weighted by molar-refractivity contribution is 0.217. The molecule has 0 saturated heterocycles. The molecule has 56 valence electrons. The smallest absolute Gasteiger partial charge is 0.129 e. The molecule has 9 heavy (non-hydrogen) atoms. The Kier molecular flexibility index (Phi) is 5.24. The quantitative estimate of drug-likeness (QED) is 0.555. The third-order valence-electron chi connectivity index (χ3n) is 1.01. The van der Waals surface area contributed by atoms with Crippen molar-refractivity contribution in [3.8, 4) is 0 Å². The first-order valence-corrected chi connectivity index (χ1v) is 4.42. The van der Waals surface area contributed by atoms with Gasteiger partial charge >= 0.3 is 0 Å². The fourth-order valence-electron chi connectivity index (χ4n) is 0.401. The van der Waals surface area contributed by atoms with Crippen LogP contribution in [0, 0.1) is 0 Å². The predicted octanol–water partition coefficient (Wildman–Crippen LogP) is 0.790. The number of rotatable bonds is 4. The van der Waals surface area contributed by atoms with Crippen LogP contribution in [0.25, 0.3) is 0 Å². The van der Waals surface area contributed by atoms with Crippen LogP contribution in [0.4, 0.5) is 0 Å². The summed E-state index contributed by atoms with van der Waals surface area (Å²) in [4.78, 5) is 0. The molecule has 0 rings (SSSR count). The van der Waals surface area contributed by atoms with Crippen molar-refractivity contribution in [2.24, 2.45) is 0 Å². The lowest BCUT2D eigenvalue weighted by atomic mass is 10.6. The first-order chi connectivity index (χ1) is 4.18.